The molecule has 1 N–H and O–H groups in total. The van der Waals surface area contributed by atoms with Gasteiger partial charge < -0.3 is 9.84 Å². The summed E-state index contributed by atoms with van der Waals surface area (Å²) in [6.07, 6.45) is 4.07. The Balaban J connectivity index is 2.86. The highest BCUT2D eigenvalue weighted by Crippen LogP contribution is 2.29. The molecule has 0 saturated heterocycles. The minimum absolute atomic E-state index is 0.0256. The van der Waals surface area contributed by atoms with Crippen LogP contribution in [0.4, 0.5) is 0 Å². The van der Waals surface area contributed by atoms with Gasteiger partial charge in [0.2, 0.25) is 6.10 Å². The smallest absolute Gasteiger partial charge is 0.345 e. The van der Waals surface area contributed by atoms with Crippen LogP contribution in [-0.4, -0.2) is 17.2 Å². The SMILES string of the molecule is C#CCC(Oc1ccc(Br)cc1Br)C(=O)O. The van der Waals surface area contributed by atoms with E-state index in [1.165, 1.54) is 0 Å². The monoisotopic (exact) mass is 346 g/mol. The highest BCUT2D eigenvalue weighted by atomic mass is 79.9. The van der Waals surface area contributed by atoms with Crippen LogP contribution in [0.2, 0.25) is 0 Å². The van der Waals surface area contributed by atoms with Gasteiger partial charge in [0.1, 0.15) is 5.75 Å². The van der Waals surface area contributed by atoms with Gasteiger partial charge in [-0.1, -0.05) is 15.9 Å². The van der Waals surface area contributed by atoms with E-state index in [0.717, 1.165) is 4.47 Å². The van der Waals surface area contributed by atoms with Gasteiger partial charge in [0.25, 0.3) is 0 Å². The number of ether oxygens (including phenoxy) is 1. The van der Waals surface area contributed by atoms with Gasteiger partial charge in [-0.05, 0) is 34.1 Å². The Hall–Kier alpha value is -0.990. The van der Waals surface area contributed by atoms with Crippen molar-refractivity contribution in [2.75, 3.05) is 0 Å². The first-order valence-corrected chi connectivity index (χ1v) is 5.91. The number of carboxylic acids is 1. The topological polar surface area (TPSA) is 46.5 Å². The minimum Gasteiger partial charge on any atom is -0.478 e. The van der Waals surface area contributed by atoms with Crippen LogP contribution in [0.5, 0.6) is 5.75 Å². The van der Waals surface area contributed by atoms with E-state index in [4.69, 9.17) is 16.3 Å². The zero-order chi connectivity index (χ0) is 12.1. The van der Waals surface area contributed by atoms with Crippen LogP contribution >= 0.6 is 31.9 Å². The number of hydrogen-bond acceptors (Lipinski definition) is 2. The summed E-state index contributed by atoms with van der Waals surface area (Å²) in [5.41, 5.74) is 0. The molecule has 0 aliphatic rings. The van der Waals surface area contributed by atoms with Gasteiger partial charge >= 0.3 is 5.97 Å². The minimum atomic E-state index is -1.08. The van der Waals surface area contributed by atoms with E-state index >= 15 is 0 Å². The van der Waals surface area contributed by atoms with Gasteiger partial charge in [-0.15, -0.1) is 12.3 Å². The van der Waals surface area contributed by atoms with Crippen molar-refractivity contribution in [1.82, 2.24) is 0 Å². The first-order chi connectivity index (χ1) is 7.54. The Kier molecular flexibility index (Phi) is 4.84. The summed E-state index contributed by atoms with van der Waals surface area (Å²) >= 11 is 6.56. The molecule has 0 saturated carbocycles. The molecule has 84 valence electrons. The lowest BCUT2D eigenvalue weighted by Crippen LogP contribution is -2.26. The van der Waals surface area contributed by atoms with Crippen LogP contribution in [-0.2, 0) is 4.79 Å². The number of benzene rings is 1. The highest BCUT2D eigenvalue weighted by molar-refractivity contribution is 9.11. The summed E-state index contributed by atoms with van der Waals surface area (Å²) < 4.78 is 6.83. The molecule has 0 spiro atoms. The number of carbonyl (C=O) groups is 1. The number of hydrogen-bond donors (Lipinski definition) is 1. The van der Waals surface area contributed by atoms with Crippen molar-refractivity contribution in [2.45, 2.75) is 12.5 Å². The molecule has 0 bridgehead atoms. The molecule has 0 radical (unpaired) electrons. The molecule has 0 fully saturated rings. The number of rotatable bonds is 4. The standard InChI is InChI=1S/C11H8Br2O3/c1-2-3-10(11(14)15)16-9-5-4-7(12)6-8(9)13/h1,4-6,10H,3H2,(H,14,15). The molecular weight excluding hydrogens is 340 g/mol. The normalized spacial score (nSPS) is 11.6. The van der Waals surface area contributed by atoms with Crippen LogP contribution in [0.15, 0.2) is 27.1 Å². The molecule has 0 aliphatic heterocycles. The van der Waals surface area contributed by atoms with Gasteiger partial charge in [0.15, 0.2) is 0 Å². The molecule has 16 heavy (non-hydrogen) atoms. The van der Waals surface area contributed by atoms with Crippen molar-refractivity contribution in [1.29, 1.82) is 0 Å². The van der Waals surface area contributed by atoms with Gasteiger partial charge in [-0.3, -0.25) is 0 Å². The second-order valence-electron chi connectivity index (χ2n) is 2.93. The molecule has 0 amide bonds. The average molecular weight is 348 g/mol. The van der Waals surface area contributed by atoms with Crippen LogP contribution in [0.25, 0.3) is 0 Å². The van der Waals surface area contributed by atoms with Gasteiger partial charge in [0, 0.05) is 4.47 Å². The van der Waals surface area contributed by atoms with Gasteiger partial charge in [0.05, 0.1) is 10.9 Å². The van der Waals surface area contributed by atoms with Gasteiger partial charge in [-0.25, -0.2) is 4.79 Å². The Morgan fingerprint density at radius 2 is 2.25 bits per heavy atom. The maximum Gasteiger partial charge on any atom is 0.345 e. The molecule has 5 heteroatoms. The predicted octanol–water partition coefficient (Wildman–Crippen LogP) is 3.07. The third kappa shape index (κ3) is 3.54. The molecule has 1 aromatic rings. The van der Waals surface area contributed by atoms with E-state index < -0.39 is 12.1 Å². The van der Waals surface area contributed by atoms with Crippen LogP contribution in [0.3, 0.4) is 0 Å². The Bertz CT molecular complexity index is 437. The number of aliphatic carboxylic acids is 1. The summed E-state index contributed by atoms with van der Waals surface area (Å²) in [5, 5.41) is 8.87. The molecule has 1 atom stereocenters. The fraction of sp³-hybridized carbons (Fsp3) is 0.182. The zero-order valence-corrected chi connectivity index (χ0v) is 11.3. The van der Waals surface area contributed by atoms with E-state index in [9.17, 15) is 4.79 Å². The highest BCUT2D eigenvalue weighted by Gasteiger charge is 2.19. The average Bonchev–Trinajstić information content (AvgIpc) is 2.20. The molecule has 1 unspecified atom stereocenters. The molecule has 1 aromatic carbocycles. The molecule has 3 nitrogen and oxygen atoms in total. The van der Waals surface area contributed by atoms with Crippen molar-refractivity contribution >= 4 is 37.8 Å². The largest absolute Gasteiger partial charge is 0.478 e. The second kappa shape index (κ2) is 5.92. The van der Waals surface area contributed by atoms with E-state index in [1.54, 1.807) is 18.2 Å². The summed E-state index contributed by atoms with van der Waals surface area (Å²) in [5.74, 6) is 1.64. The number of terminal acetylenes is 1. The molecule has 1 rings (SSSR count). The lowest BCUT2D eigenvalue weighted by molar-refractivity contribution is -0.144. The van der Waals surface area contributed by atoms with E-state index in [1.807, 2.05) is 0 Å². The van der Waals surface area contributed by atoms with Crippen LogP contribution < -0.4 is 4.74 Å². The Labute approximate surface area is 110 Å². The maximum atomic E-state index is 10.8. The first-order valence-electron chi connectivity index (χ1n) is 4.32. The fourth-order valence-corrected chi connectivity index (χ4v) is 2.15. The Morgan fingerprint density at radius 1 is 1.56 bits per heavy atom. The van der Waals surface area contributed by atoms with E-state index in [0.29, 0.717) is 10.2 Å². The zero-order valence-electron chi connectivity index (χ0n) is 8.11. The lowest BCUT2D eigenvalue weighted by Gasteiger charge is -2.13. The quantitative estimate of drug-likeness (QED) is 0.851. The van der Waals surface area contributed by atoms with Crippen molar-refractivity contribution in [3.63, 3.8) is 0 Å². The number of carboxylic acid groups (broad SMARTS) is 1. The van der Waals surface area contributed by atoms with Gasteiger partial charge in [-0.2, -0.15) is 0 Å². The lowest BCUT2D eigenvalue weighted by atomic mass is 10.2. The molecule has 0 aromatic heterocycles. The first kappa shape index (κ1) is 13.1. The summed E-state index contributed by atoms with van der Waals surface area (Å²) in [7, 11) is 0. The Morgan fingerprint density at radius 3 is 2.75 bits per heavy atom. The van der Waals surface area contributed by atoms with Crippen molar-refractivity contribution in [3.8, 4) is 18.1 Å². The molecule has 0 aliphatic carbocycles. The van der Waals surface area contributed by atoms with Crippen molar-refractivity contribution in [3.05, 3.63) is 27.1 Å². The van der Waals surface area contributed by atoms with E-state index in [-0.39, 0.29) is 6.42 Å². The summed E-state index contributed by atoms with van der Waals surface area (Å²) in [6, 6.07) is 5.19. The fourth-order valence-electron chi connectivity index (χ4n) is 1.01. The van der Waals surface area contributed by atoms with Crippen molar-refractivity contribution in [2.24, 2.45) is 0 Å². The van der Waals surface area contributed by atoms with Crippen LogP contribution in [0.1, 0.15) is 6.42 Å². The predicted molar refractivity (Wildman–Crippen MR) is 67.3 cm³/mol. The maximum absolute atomic E-state index is 10.8. The number of halogens is 2. The second-order valence-corrected chi connectivity index (χ2v) is 4.70. The third-order valence-corrected chi connectivity index (χ3v) is 2.85. The summed E-state index contributed by atoms with van der Waals surface area (Å²) in [4.78, 5) is 10.8. The summed E-state index contributed by atoms with van der Waals surface area (Å²) in [6.45, 7) is 0. The van der Waals surface area contributed by atoms with Crippen molar-refractivity contribution < 1.29 is 14.6 Å². The van der Waals surface area contributed by atoms with E-state index in [2.05, 4.69) is 37.8 Å². The molecule has 0 heterocycles. The van der Waals surface area contributed by atoms with Crippen LogP contribution in [0, 0.1) is 12.3 Å². The molecular formula is C11H8Br2O3. The third-order valence-electron chi connectivity index (χ3n) is 1.74.